The number of alkyl halides is 3. The third-order valence-corrected chi connectivity index (χ3v) is 5.96. The number of aromatic nitrogens is 3. The van der Waals surface area contributed by atoms with Crippen LogP contribution in [-0.2, 0) is 6.18 Å². The molecule has 3 aromatic rings. The Kier molecular flexibility index (Phi) is 5.62. The molecule has 0 unspecified atom stereocenters. The molecule has 0 saturated carbocycles. The normalized spacial score (nSPS) is 15.2. The Morgan fingerprint density at radius 2 is 1.84 bits per heavy atom. The summed E-state index contributed by atoms with van der Waals surface area (Å²) in [5.41, 5.74) is -3.05. The Bertz CT molecular complexity index is 1230. The molecule has 0 amide bonds. The van der Waals surface area contributed by atoms with Gasteiger partial charge >= 0.3 is 12.2 Å². The molecule has 0 aliphatic carbocycles. The van der Waals surface area contributed by atoms with Gasteiger partial charge in [-0.1, -0.05) is 11.3 Å². The van der Waals surface area contributed by atoms with Crippen molar-refractivity contribution in [3.05, 3.63) is 56.4 Å². The minimum atomic E-state index is -4.84. The first-order valence-electron chi connectivity index (χ1n) is 9.21. The monoisotopic (exact) mass is 471 g/mol. The van der Waals surface area contributed by atoms with Crippen LogP contribution in [0.2, 0.25) is 0 Å². The van der Waals surface area contributed by atoms with Crippen molar-refractivity contribution in [2.75, 3.05) is 18.0 Å². The number of fused-ring (bicyclic) bond motifs is 1. The van der Waals surface area contributed by atoms with Crippen LogP contribution in [0.3, 0.4) is 0 Å². The Morgan fingerprint density at radius 1 is 1.19 bits per heavy atom. The lowest BCUT2D eigenvalue weighted by Crippen LogP contribution is -2.39. The fourth-order valence-corrected chi connectivity index (χ4v) is 4.37. The molecule has 3 heterocycles. The molecule has 0 bridgehead atoms. The van der Waals surface area contributed by atoms with E-state index in [4.69, 9.17) is 4.74 Å². The van der Waals surface area contributed by atoms with Gasteiger partial charge in [0, 0.05) is 32.0 Å². The van der Waals surface area contributed by atoms with Crippen molar-refractivity contribution in [1.29, 1.82) is 0 Å². The summed E-state index contributed by atoms with van der Waals surface area (Å²) in [6.45, 7) is 0.740. The van der Waals surface area contributed by atoms with Gasteiger partial charge in [0.1, 0.15) is 10.8 Å². The Balaban J connectivity index is 1.59. The lowest BCUT2D eigenvalue weighted by atomic mass is 10.1. The second-order valence-electron chi connectivity index (χ2n) is 6.92. The topological polar surface area (TPSA) is 111 Å². The molecule has 1 aliphatic heterocycles. The highest BCUT2D eigenvalue weighted by atomic mass is 32.1. The summed E-state index contributed by atoms with van der Waals surface area (Å²) in [6.07, 6.45) is -2.23. The van der Waals surface area contributed by atoms with Gasteiger partial charge in [-0.05, 0) is 6.07 Å². The van der Waals surface area contributed by atoms with Crippen LogP contribution in [0, 0.1) is 15.9 Å². The SMILES string of the molecule is O=c1nc(N2CCC(Oc3ncc(F)cn3)CC2)sc2c([N+](=O)[O-])cc(C(F)(F)F)cc12. The van der Waals surface area contributed by atoms with Gasteiger partial charge in [-0.25, -0.2) is 14.4 Å². The van der Waals surface area contributed by atoms with Gasteiger partial charge in [-0.2, -0.15) is 18.2 Å². The summed E-state index contributed by atoms with van der Waals surface area (Å²) < 4.78 is 57.6. The Morgan fingerprint density at radius 3 is 2.44 bits per heavy atom. The molecule has 0 atom stereocenters. The summed E-state index contributed by atoms with van der Waals surface area (Å²) in [4.78, 5) is 35.9. The van der Waals surface area contributed by atoms with Crippen molar-refractivity contribution in [1.82, 2.24) is 15.0 Å². The van der Waals surface area contributed by atoms with Crippen LogP contribution in [0.4, 0.5) is 28.4 Å². The van der Waals surface area contributed by atoms with Gasteiger partial charge in [0.25, 0.3) is 11.2 Å². The zero-order valence-corrected chi connectivity index (χ0v) is 16.8. The van der Waals surface area contributed by atoms with E-state index in [2.05, 4.69) is 15.0 Å². The smallest absolute Gasteiger partial charge is 0.416 e. The molecular formula is C18H13F4N5O4S. The summed E-state index contributed by atoms with van der Waals surface area (Å²) in [7, 11) is 0. The largest absolute Gasteiger partial charge is 0.460 e. The fourth-order valence-electron chi connectivity index (χ4n) is 3.25. The molecule has 1 aliphatic rings. The first-order chi connectivity index (χ1) is 15.1. The van der Waals surface area contributed by atoms with Crippen LogP contribution in [0.1, 0.15) is 18.4 Å². The van der Waals surface area contributed by atoms with E-state index >= 15 is 0 Å². The second kappa shape index (κ2) is 8.26. The number of ether oxygens (including phenoxy) is 1. The molecule has 14 heteroatoms. The summed E-state index contributed by atoms with van der Waals surface area (Å²) in [6, 6.07) is 1.03. The summed E-state index contributed by atoms with van der Waals surface area (Å²) in [5, 5.41) is 11.1. The molecule has 0 spiro atoms. The number of hydrogen-bond acceptors (Lipinski definition) is 9. The first-order valence-corrected chi connectivity index (χ1v) is 10.0. The van der Waals surface area contributed by atoms with E-state index in [-0.39, 0.29) is 21.9 Å². The minimum Gasteiger partial charge on any atom is -0.460 e. The number of hydrogen-bond donors (Lipinski definition) is 0. The highest BCUT2D eigenvalue weighted by molar-refractivity contribution is 7.22. The highest BCUT2D eigenvalue weighted by Gasteiger charge is 2.34. The van der Waals surface area contributed by atoms with Gasteiger partial charge in [-0.3, -0.25) is 14.9 Å². The number of benzene rings is 1. The Hall–Kier alpha value is -3.42. The van der Waals surface area contributed by atoms with Gasteiger partial charge < -0.3 is 9.64 Å². The van der Waals surface area contributed by atoms with Crippen LogP contribution in [0.15, 0.2) is 29.3 Å². The minimum absolute atomic E-state index is 0.0226. The van der Waals surface area contributed by atoms with Crippen molar-refractivity contribution in [3.8, 4) is 6.01 Å². The van der Waals surface area contributed by atoms with E-state index < -0.39 is 39.1 Å². The molecule has 1 fully saturated rings. The maximum atomic E-state index is 13.1. The maximum absolute atomic E-state index is 13.1. The van der Waals surface area contributed by atoms with E-state index in [1.165, 1.54) is 0 Å². The van der Waals surface area contributed by atoms with Crippen molar-refractivity contribution < 1.29 is 27.2 Å². The van der Waals surface area contributed by atoms with E-state index in [0.29, 0.717) is 38.1 Å². The predicted octanol–water partition coefficient (Wildman–Crippen LogP) is 3.56. The summed E-state index contributed by atoms with van der Waals surface area (Å²) in [5.74, 6) is -0.596. The molecule has 1 saturated heterocycles. The number of nitro benzene ring substituents is 1. The molecule has 168 valence electrons. The van der Waals surface area contributed by atoms with Crippen LogP contribution in [-0.4, -0.2) is 39.1 Å². The van der Waals surface area contributed by atoms with E-state index in [1.807, 2.05) is 0 Å². The van der Waals surface area contributed by atoms with Crippen LogP contribution >= 0.6 is 11.3 Å². The van der Waals surface area contributed by atoms with Gasteiger partial charge in [-0.15, -0.1) is 0 Å². The average molecular weight is 471 g/mol. The lowest BCUT2D eigenvalue weighted by molar-refractivity contribution is -0.383. The number of piperidine rings is 1. The van der Waals surface area contributed by atoms with Gasteiger partial charge in [0.05, 0.1) is 28.3 Å². The van der Waals surface area contributed by atoms with Crippen LogP contribution < -0.4 is 15.2 Å². The van der Waals surface area contributed by atoms with Crippen molar-refractivity contribution >= 4 is 32.2 Å². The molecule has 32 heavy (non-hydrogen) atoms. The highest BCUT2D eigenvalue weighted by Crippen LogP contribution is 2.38. The third kappa shape index (κ3) is 4.44. The Labute approximate surface area is 180 Å². The van der Waals surface area contributed by atoms with E-state index in [9.17, 15) is 32.5 Å². The number of rotatable bonds is 4. The van der Waals surface area contributed by atoms with E-state index in [0.717, 1.165) is 23.7 Å². The zero-order valence-electron chi connectivity index (χ0n) is 16.0. The molecular weight excluding hydrogens is 458 g/mol. The maximum Gasteiger partial charge on any atom is 0.416 e. The number of nitro groups is 1. The number of non-ortho nitro benzene ring substituents is 1. The molecule has 9 nitrogen and oxygen atoms in total. The lowest BCUT2D eigenvalue weighted by Gasteiger charge is -2.31. The van der Waals surface area contributed by atoms with Crippen molar-refractivity contribution in [2.45, 2.75) is 25.1 Å². The molecule has 1 aromatic carbocycles. The third-order valence-electron chi connectivity index (χ3n) is 4.80. The fraction of sp³-hybridized carbons (Fsp3) is 0.333. The molecule has 4 rings (SSSR count). The molecule has 2 aromatic heterocycles. The number of anilines is 1. The van der Waals surface area contributed by atoms with Crippen molar-refractivity contribution in [2.24, 2.45) is 0 Å². The zero-order chi connectivity index (χ0) is 23.0. The van der Waals surface area contributed by atoms with Gasteiger partial charge in [0.15, 0.2) is 10.9 Å². The second-order valence-corrected chi connectivity index (χ2v) is 7.89. The van der Waals surface area contributed by atoms with Crippen molar-refractivity contribution in [3.63, 3.8) is 0 Å². The summed E-state index contributed by atoms with van der Waals surface area (Å²) >= 11 is 0.787. The van der Waals surface area contributed by atoms with Crippen LogP contribution in [0.25, 0.3) is 10.1 Å². The average Bonchev–Trinajstić information content (AvgIpc) is 2.74. The number of halogens is 4. The number of nitrogens with zero attached hydrogens (tertiary/aromatic N) is 5. The molecule has 0 radical (unpaired) electrons. The van der Waals surface area contributed by atoms with E-state index in [1.54, 1.807) is 4.90 Å². The van der Waals surface area contributed by atoms with Crippen LogP contribution in [0.5, 0.6) is 6.01 Å². The first kappa shape index (κ1) is 21.8. The van der Waals surface area contributed by atoms with Gasteiger partial charge in [0.2, 0.25) is 0 Å². The quantitative estimate of drug-likeness (QED) is 0.323. The predicted molar refractivity (Wildman–Crippen MR) is 105 cm³/mol. The standard InChI is InChI=1S/C18H13F4N5O4S/c19-10-7-23-16(24-8-10)31-11-1-3-26(4-2-11)17-25-15(28)12-5-9(18(20,21)22)6-13(27(29)30)14(12)32-17/h5-8,11H,1-4H2. The molecule has 0 N–H and O–H groups in total.